The Hall–Kier alpha value is -2.03. The van der Waals surface area contributed by atoms with Crippen molar-refractivity contribution < 1.29 is 13.6 Å². The maximum atomic E-state index is 13.6. The fourth-order valence-corrected chi connectivity index (χ4v) is 2.94. The molecule has 9 heteroatoms. The molecule has 0 atom stereocenters. The predicted molar refractivity (Wildman–Crippen MR) is 79.6 cm³/mol. The van der Waals surface area contributed by atoms with E-state index in [1.165, 1.54) is 28.8 Å². The zero-order chi connectivity index (χ0) is 16.4. The van der Waals surface area contributed by atoms with E-state index in [1.807, 2.05) is 0 Å². The molecule has 1 saturated carbocycles. The zero-order valence-electron chi connectivity index (χ0n) is 12.4. The highest BCUT2D eigenvalue weighted by Gasteiger charge is 2.28. The number of carbonyl (C=O) groups excluding carboxylic acids is 1. The van der Waals surface area contributed by atoms with Crippen LogP contribution in [0.15, 0.2) is 23.4 Å². The molecule has 122 valence electrons. The van der Waals surface area contributed by atoms with E-state index in [0.717, 1.165) is 18.9 Å². The van der Waals surface area contributed by atoms with Gasteiger partial charge in [0.25, 0.3) is 0 Å². The normalized spacial score (nSPS) is 14.0. The van der Waals surface area contributed by atoms with Crippen molar-refractivity contribution in [3.63, 3.8) is 0 Å². The summed E-state index contributed by atoms with van der Waals surface area (Å²) in [5.41, 5.74) is 0.273. The Labute approximate surface area is 135 Å². The molecule has 1 aliphatic rings. The molecular weight excluding hydrogens is 324 g/mol. The summed E-state index contributed by atoms with van der Waals surface area (Å²) in [6.07, 6.45) is 2.10. The van der Waals surface area contributed by atoms with E-state index in [0.29, 0.717) is 11.2 Å². The molecule has 23 heavy (non-hydrogen) atoms. The first-order chi connectivity index (χ1) is 11.0. The molecule has 0 unspecified atom stereocenters. The summed E-state index contributed by atoms with van der Waals surface area (Å²) in [6.45, 7) is 0.0824. The zero-order valence-corrected chi connectivity index (χ0v) is 13.3. The van der Waals surface area contributed by atoms with Gasteiger partial charge >= 0.3 is 0 Å². The molecule has 6 nitrogen and oxygen atoms in total. The summed E-state index contributed by atoms with van der Waals surface area (Å²) >= 11 is 1.26. The number of hydrogen-bond donors (Lipinski definition) is 0. The van der Waals surface area contributed by atoms with Crippen LogP contribution >= 0.6 is 11.8 Å². The smallest absolute Gasteiger partial charge is 0.233 e. The van der Waals surface area contributed by atoms with Gasteiger partial charge in [-0.2, -0.15) is 0 Å². The monoisotopic (exact) mass is 339 g/mol. The lowest BCUT2D eigenvalue weighted by atomic mass is 10.2. The van der Waals surface area contributed by atoms with Gasteiger partial charge in [0.1, 0.15) is 11.6 Å². The first-order valence-electron chi connectivity index (χ1n) is 7.13. The highest BCUT2D eigenvalue weighted by molar-refractivity contribution is 7.99. The minimum atomic E-state index is -0.657. The molecule has 1 aromatic carbocycles. The number of carbonyl (C=O) groups is 1. The van der Waals surface area contributed by atoms with E-state index in [1.54, 1.807) is 11.7 Å². The van der Waals surface area contributed by atoms with Crippen molar-refractivity contribution in [1.29, 1.82) is 0 Å². The average molecular weight is 339 g/mol. The van der Waals surface area contributed by atoms with Crippen LogP contribution in [0.4, 0.5) is 8.78 Å². The molecule has 2 aromatic rings. The summed E-state index contributed by atoms with van der Waals surface area (Å²) in [4.78, 5) is 13.5. The maximum absolute atomic E-state index is 13.6. The molecular formula is C14H15F2N5OS. The molecule has 0 radical (unpaired) electrons. The van der Waals surface area contributed by atoms with Crippen LogP contribution in [0, 0.1) is 11.6 Å². The van der Waals surface area contributed by atoms with Gasteiger partial charge in [0.2, 0.25) is 11.1 Å². The lowest BCUT2D eigenvalue weighted by molar-refractivity contribution is -0.127. The Balaban J connectivity index is 1.56. The number of tetrazole rings is 1. The predicted octanol–water partition coefficient (Wildman–Crippen LogP) is 2.04. The number of rotatable bonds is 6. The fourth-order valence-electron chi connectivity index (χ4n) is 2.06. The minimum Gasteiger partial charge on any atom is -0.341 e. The Kier molecular flexibility index (Phi) is 4.56. The summed E-state index contributed by atoms with van der Waals surface area (Å²) < 4.78 is 28.2. The molecule has 0 spiro atoms. The summed E-state index contributed by atoms with van der Waals surface area (Å²) in [5.74, 6) is -1.31. The van der Waals surface area contributed by atoms with Crippen molar-refractivity contribution in [2.24, 2.45) is 0 Å². The topological polar surface area (TPSA) is 63.9 Å². The van der Waals surface area contributed by atoms with Crippen LogP contribution in [-0.2, 0) is 11.3 Å². The highest BCUT2D eigenvalue weighted by atomic mass is 32.2. The third-order valence-corrected chi connectivity index (χ3v) is 4.45. The Morgan fingerprint density at radius 1 is 1.43 bits per heavy atom. The molecule has 0 aliphatic heterocycles. The van der Waals surface area contributed by atoms with Crippen LogP contribution in [0.5, 0.6) is 0 Å². The first kappa shape index (κ1) is 15.9. The minimum absolute atomic E-state index is 0.0824. The SMILES string of the molecule is CN(Cc1ccc(F)cc1F)C(=O)CSc1nnnn1C1CC1. The molecule has 1 heterocycles. The highest BCUT2D eigenvalue weighted by Crippen LogP contribution is 2.36. The first-order valence-corrected chi connectivity index (χ1v) is 8.11. The quantitative estimate of drug-likeness (QED) is 0.754. The van der Waals surface area contributed by atoms with Crippen molar-refractivity contribution in [3.8, 4) is 0 Å². The Morgan fingerprint density at radius 2 is 2.22 bits per heavy atom. The summed E-state index contributed by atoms with van der Waals surface area (Å²) in [7, 11) is 1.58. The number of thioether (sulfide) groups is 1. The molecule has 0 saturated heterocycles. The second-order valence-electron chi connectivity index (χ2n) is 5.41. The van der Waals surface area contributed by atoms with Crippen LogP contribution in [-0.4, -0.2) is 43.8 Å². The van der Waals surface area contributed by atoms with E-state index in [4.69, 9.17) is 0 Å². The van der Waals surface area contributed by atoms with Gasteiger partial charge in [-0.05, 0) is 29.3 Å². The molecule has 1 fully saturated rings. The second kappa shape index (κ2) is 6.61. The van der Waals surface area contributed by atoms with Crippen LogP contribution in [0.3, 0.4) is 0 Å². The third-order valence-electron chi connectivity index (χ3n) is 3.53. The average Bonchev–Trinajstić information content (AvgIpc) is 3.26. The van der Waals surface area contributed by atoms with Crippen LogP contribution in [0.1, 0.15) is 24.4 Å². The number of aromatic nitrogens is 4. The number of benzene rings is 1. The standard InChI is InChI=1S/C14H15F2N5OS/c1-20(7-9-2-3-10(15)6-12(9)16)13(22)8-23-14-17-18-19-21(14)11-4-5-11/h2-3,6,11H,4-5,7-8H2,1H3. The molecule has 0 N–H and O–H groups in total. The second-order valence-corrected chi connectivity index (χ2v) is 6.35. The van der Waals surface area contributed by atoms with Gasteiger partial charge < -0.3 is 4.90 Å². The summed E-state index contributed by atoms with van der Waals surface area (Å²) in [5, 5.41) is 12.1. The molecule has 3 rings (SSSR count). The number of halogens is 2. The number of nitrogens with zero attached hydrogens (tertiary/aromatic N) is 5. The van der Waals surface area contributed by atoms with E-state index >= 15 is 0 Å². The van der Waals surface area contributed by atoms with Gasteiger partial charge in [0, 0.05) is 25.2 Å². The number of amides is 1. The van der Waals surface area contributed by atoms with Crippen molar-refractivity contribution in [1.82, 2.24) is 25.1 Å². The van der Waals surface area contributed by atoms with Crippen molar-refractivity contribution in [2.75, 3.05) is 12.8 Å². The van der Waals surface area contributed by atoms with Crippen LogP contribution < -0.4 is 0 Å². The van der Waals surface area contributed by atoms with Gasteiger partial charge in [-0.1, -0.05) is 17.8 Å². The lowest BCUT2D eigenvalue weighted by Crippen LogP contribution is -2.28. The Morgan fingerprint density at radius 3 is 2.91 bits per heavy atom. The summed E-state index contributed by atoms with van der Waals surface area (Å²) in [6, 6.07) is 3.67. The molecule has 1 aliphatic carbocycles. The van der Waals surface area contributed by atoms with Gasteiger partial charge in [-0.25, -0.2) is 13.5 Å². The third kappa shape index (κ3) is 3.84. The molecule has 1 amide bonds. The van der Waals surface area contributed by atoms with Gasteiger partial charge in [0.05, 0.1) is 11.8 Å². The largest absolute Gasteiger partial charge is 0.341 e. The Bertz CT molecular complexity index is 719. The van der Waals surface area contributed by atoms with Gasteiger partial charge in [-0.15, -0.1) is 5.10 Å². The molecule has 1 aromatic heterocycles. The van der Waals surface area contributed by atoms with E-state index in [-0.39, 0.29) is 23.8 Å². The van der Waals surface area contributed by atoms with Crippen molar-refractivity contribution in [3.05, 3.63) is 35.4 Å². The van der Waals surface area contributed by atoms with Crippen LogP contribution in [0.25, 0.3) is 0 Å². The van der Waals surface area contributed by atoms with Gasteiger partial charge in [0.15, 0.2) is 0 Å². The van der Waals surface area contributed by atoms with Crippen molar-refractivity contribution in [2.45, 2.75) is 30.6 Å². The maximum Gasteiger partial charge on any atom is 0.233 e. The van der Waals surface area contributed by atoms with Crippen LogP contribution in [0.2, 0.25) is 0 Å². The molecule has 0 bridgehead atoms. The van der Waals surface area contributed by atoms with E-state index < -0.39 is 11.6 Å². The van der Waals surface area contributed by atoms with Crippen molar-refractivity contribution >= 4 is 17.7 Å². The van der Waals surface area contributed by atoms with E-state index in [9.17, 15) is 13.6 Å². The van der Waals surface area contributed by atoms with E-state index in [2.05, 4.69) is 15.5 Å². The lowest BCUT2D eigenvalue weighted by Gasteiger charge is -2.17. The van der Waals surface area contributed by atoms with Gasteiger partial charge in [-0.3, -0.25) is 4.79 Å². The number of hydrogen-bond acceptors (Lipinski definition) is 5. The fraction of sp³-hybridized carbons (Fsp3) is 0.429.